The highest BCUT2D eigenvalue weighted by atomic mass is 35.5. The summed E-state index contributed by atoms with van der Waals surface area (Å²) >= 11 is 8.03. The molecule has 4 N–H and O–H groups in total. The van der Waals surface area contributed by atoms with E-state index in [2.05, 4.69) is 31.7 Å². The first-order valence-electron chi connectivity index (χ1n) is 13.5. The number of halogens is 4. The smallest absolute Gasteiger partial charge is 0.389 e. The number of likely N-dealkylation sites (tertiary alicyclic amines) is 1. The van der Waals surface area contributed by atoms with Crippen LogP contribution in [0.25, 0.3) is 10.9 Å². The normalized spacial score (nSPS) is 21.4. The van der Waals surface area contributed by atoms with E-state index in [0.29, 0.717) is 36.2 Å². The molecule has 2 aliphatic rings. The molecule has 1 aromatic heterocycles. The third kappa shape index (κ3) is 8.37. The van der Waals surface area contributed by atoms with Crippen molar-refractivity contribution in [1.82, 2.24) is 19.9 Å². The lowest BCUT2D eigenvalue weighted by Gasteiger charge is -2.32. The molecule has 2 aromatic rings. The topological polar surface area (TPSA) is 110 Å². The van der Waals surface area contributed by atoms with Crippen LogP contribution in [-0.2, 0) is 0 Å². The molecule has 8 nitrogen and oxygen atoms in total. The van der Waals surface area contributed by atoms with Crippen molar-refractivity contribution in [1.29, 1.82) is 0 Å². The van der Waals surface area contributed by atoms with Gasteiger partial charge in [-0.15, -0.1) is 4.91 Å². The van der Waals surface area contributed by atoms with Gasteiger partial charge in [-0.2, -0.15) is 13.2 Å². The van der Waals surface area contributed by atoms with E-state index in [0.717, 1.165) is 50.1 Å². The number of carbonyl (C=O) groups excluding carboxylic acids is 1. The molecule has 1 saturated carbocycles. The molecule has 1 saturated heterocycles. The van der Waals surface area contributed by atoms with Crippen LogP contribution in [0.5, 0.6) is 5.88 Å². The number of nitroso groups, excluding NO2 is 1. The molecule has 0 bridgehead atoms. The van der Waals surface area contributed by atoms with Crippen molar-refractivity contribution < 1.29 is 23.1 Å². The number of piperidine rings is 1. The predicted molar refractivity (Wildman–Crippen MR) is 153 cm³/mol. The maximum Gasteiger partial charge on any atom is 0.389 e. The van der Waals surface area contributed by atoms with Crippen LogP contribution in [-0.4, -0.2) is 64.5 Å². The SMILES string of the molecule is C=C1CC[C@@H](NSCC2CCN(CCCC(F)(F)F)CC2)CC(NC(=O)c2cc3c(N=O)c(O)[nH]c3cc2Cl)C1. The summed E-state index contributed by atoms with van der Waals surface area (Å²) in [6, 6.07) is 2.96. The third-order valence-electron chi connectivity index (χ3n) is 7.67. The Morgan fingerprint density at radius 1 is 1.25 bits per heavy atom. The molecule has 1 unspecified atom stereocenters. The number of nitrogens with one attached hydrogen (secondary N) is 3. The number of amides is 1. The number of alkyl halides is 3. The van der Waals surface area contributed by atoms with Crippen LogP contribution in [0.3, 0.4) is 0 Å². The minimum atomic E-state index is -4.08. The van der Waals surface area contributed by atoms with Gasteiger partial charge in [0.05, 0.1) is 16.1 Å². The Hall–Kier alpha value is -2.28. The number of fused-ring (bicyclic) bond motifs is 1. The van der Waals surface area contributed by atoms with Crippen molar-refractivity contribution in [3.63, 3.8) is 0 Å². The number of H-pyrrole nitrogens is 1. The molecule has 40 heavy (non-hydrogen) atoms. The minimum Gasteiger partial charge on any atom is -0.493 e. The fraction of sp³-hybridized carbons (Fsp3) is 0.593. The molecule has 13 heteroatoms. The number of hydrogen-bond donors (Lipinski definition) is 4. The van der Waals surface area contributed by atoms with Crippen LogP contribution in [0.15, 0.2) is 29.5 Å². The van der Waals surface area contributed by atoms with E-state index in [9.17, 15) is 28.0 Å². The molecule has 0 spiro atoms. The Labute approximate surface area is 240 Å². The van der Waals surface area contributed by atoms with Crippen LogP contribution in [0.4, 0.5) is 18.9 Å². The second-order valence-electron chi connectivity index (χ2n) is 10.8. The number of rotatable bonds is 10. The van der Waals surface area contributed by atoms with Crippen LogP contribution >= 0.6 is 23.5 Å². The maximum atomic E-state index is 13.2. The summed E-state index contributed by atoms with van der Waals surface area (Å²) in [6.45, 7) is 6.33. The summed E-state index contributed by atoms with van der Waals surface area (Å²) in [5, 5.41) is 16.3. The van der Waals surface area contributed by atoms with E-state index < -0.39 is 12.6 Å². The lowest BCUT2D eigenvalue weighted by molar-refractivity contribution is -0.136. The van der Waals surface area contributed by atoms with Gasteiger partial charge in [-0.25, -0.2) is 0 Å². The molecule has 220 valence electrons. The van der Waals surface area contributed by atoms with Crippen molar-refractivity contribution in [2.75, 3.05) is 25.4 Å². The van der Waals surface area contributed by atoms with Crippen LogP contribution in [0.2, 0.25) is 5.02 Å². The van der Waals surface area contributed by atoms with Crippen molar-refractivity contribution in [2.24, 2.45) is 11.1 Å². The fourth-order valence-corrected chi connectivity index (χ4v) is 6.84. The molecular weight excluding hydrogens is 567 g/mol. The monoisotopic (exact) mass is 601 g/mol. The van der Waals surface area contributed by atoms with E-state index >= 15 is 0 Å². The number of aromatic amines is 1. The Kier molecular flexibility index (Phi) is 10.4. The average molecular weight is 602 g/mol. The molecular formula is C27H35ClF3N5O3S. The number of aromatic nitrogens is 1. The van der Waals surface area contributed by atoms with E-state index in [1.807, 2.05) is 0 Å². The average Bonchev–Trinajstić information content (AvgIpc) is 3.08. The number of aromatic hydroxyl groups is 1. The second kappa shape index (κ2) is 13.6. The lowest BCUT2D eigenvalue weighted by Crippen LogP contribution is -2.39. The quantitative estimate of drug-likeness (QED) is 0.103. The maximum absolute atomic E-state index is 13.2. The largest absolute Gasteiger partial charge is 0.493 e. The molecule has 2 heterocycles. The third-order valence-corrected chi connectivity index (χ3v) is 9.12. The first kappa shape index (κ1) is 30.7. The standard InChI is InChI=1S/C27H35ClF3N5O3S/c1-16-3-4-18(35-40-15-17-5-9-36(10-6-17)8-2-7-27(29,30)31)12-19(11-16)32-25(37)20-13-21-23(14-22(20)28)33-26(38)24(21)34-39/h13-14,17-19,33,35,38H,1-12,15H2,(H,32,37)/t18-,19?/m1/s1. The number of nitrogens with zero attached hydrogens (tertiary/aromatic N) is 2. The highest BCUT2D eigenvalue weighted by molar-refractivity contribution is 7.97. The minimum absolute atomic E-state index is 0.155. The van der Waals surface area contributed by atoms with Gasteiger partial charge < -0.3 is 20.3 Å². The summed E-state index contributed by atoms with van der Waals surface area (Å²) in [5.41, 5.74) is 1.49. The zero-order valence-corrected chi connectivity index (χ0v) is 23.7. The Morgan fingerprint density at radius 2 is 2.00 bits per heavy atom. The molecule has 2 fully saturated rings. The van der Waals surface area contributed by atoms with Crippen molar-refractivity contribution in [3.8, 4) is 5.88 Å². The van der Waals surface area contributed by atoms with Gasteiger partial charge in [0.1, 0.15) is 0 Å². The summed E-state index contributed by atoms with van der Waals surface area (Å²) < 4.78 is 40.7. The highest BCUT2D eigenvalue weighted by Gasteiger charge is 2.28. The fourth-order valence-electron chi connectivity index (χ4n) is 5.47. The van der Waals surface area contributed by atoms with Gasteiger partial charge in [0.15, 0.2) is 5.69 Å². The van der Waals surface area contributed by atoms with Crippen molar-refractivity contribution in [3.05, 3.63) is 39.8 Å². The lowest BCUT2D eigenvalue weighted by atomic mass is 9.99. The van der Waals surface area contributed by atoms with E-state index in [4.69, 9.17) is 11.6 Å². The van der Waals surface area contributed by atoms with Gasteiger partial charge >= 0.3 is 6.18 Å². The molecule has 1 aliphatic heterocycles. The van der Waals surface area contributed by atoms with E-state index in [1.54, 1.807) is 11.9 Å². The molecule has 1 aliphatic carbocycles. The van der Waals surface area contributed by atoms with E-state index in [1.165, 1.54) is 12.1 Å². The van der Waals surface area contributed by atoms with Gasteiger partial charge in [-0.05, 0) is 87.8 Å². The second-order valence-corrected chi connectivity index (χ2v) is 12.1. The Morgan fingerprint density at radius 3 is 2.70 bits per heavy atom. The molecule has 4 rings (SSSR count). The molecule has 2 atom stereocenters. The van der Waals surface area contributed by atoms with Gasteiger partial charge in [0, 0.05) is 29.6 Å². The van der Waals surface area contributed by atoms with Crippen LogP contribution in [0.1, 0.15) is 61.7 Å². The van der Waals surface area contributed by atoms with Gasteiger partial charge in [-0.1, -0.05) is 35.7 Å². The molecule has 1 amide bonds. The Balaban J connectivity index is 1.26. The van der Waals surface area contributed by atoms with Gasteiger partial charge in [-0.3, -0.25) is 9.52 Å². The summed E-state index contributed by atoms with van der Waals surface area (Å²) in [7, 11) is 0. The highest BCUT2D eigenvalue weighted by Crippen LogP contribution is 2.37. The van der Waals surface area contributed by atoms with Crippen LogP contribution in [0, 0.1) is 10.8 Å². The zero-order valence-electron chi connectivity index (χ0n) is 22.2. The number of carbonyl (C=O) groups is 1. The summed E-state index contributed by atoms with van der Waals surface area (Å²) in [5.74, 6) is 0.689. The zero-order chi connectivity index (χ0) is 28.9. The van der Waals surface area contributed by atoms with Crippen LogP contribution < -0.4 is 10.0 Å². The predicted octanol–water partition coefficient (Wildman–Crippen LogP) is 6.81. The molecule has 1 aromatic carbocycles. The van der Waals surface area contributed by atoms with Gasteiger partial charge in [0.25, 0.3) is 5.91 Å². The van der Waals surface area contributed by atoms with Crippen molar-refractivity contribution in [2.45, 2.75) is 69.6 Å². The Bertz CT molecular complexity index is 1220. The number of hydrogen-bond acceptors (Lipinski definition) is 7. The van der Waals surface area contributed by atoms with E-state index in [-0.39, 0.29) is 46.6 Å². The van der Waals surface area contributed by atoms with Crippen molar-refractivity contribution >= 4 is 46.0 Å². The number of benzene rings is 1. The first-order valence-corrected chi connectivity index (χ1v) is 14.9. The van der Waals surface area contributed by atoms with Gasteiger partial charge in [0.2, 0.25) is 5.88 Å². The first-order chi connectivity index (χ1) is 19.0. The summed E-state index contributed by atoms with van der Waals surface area (Å²) in [6.07, 6.45) is 0.417. The summed E-state index contributed by atoms with van der Waals surface area (Å²) in [4.78, 5) is 29.1. The molecule has 0 radical (unpaired) electrons.